The molecule has 21 heavy (non-hydrogen) atoms. The molecule has 0 spiro atoms. The lowest BCUT2D eigenvalue weighted by Crippen LogP contribution is -2.14. The Balaban J connectivity index is 1.86. The van der Waals surface area contributed by atoms with Crippen LogP contribution in [0.15, 0.2) is 42.6 Å². The minimum absolute atomic E-state index is 0.0613. The van der Waals surface area contributed by atoms with Crippen molar-refractivity contribution in [3.8, 4) is 0 Å². The quantitative estimate of drug-likeness (QED) is 0.859. The van der Waals surface area contributed by atoms with Gasteiger partial charge in [0, 0.05) is 24.6 Å². The molecule has 5 heteroatoms. The first kappa shape index (κ1) is 14.8. The molecule has 0 radical (unpaired) electrons. The van der Waals surface area contributed by atoms with Gasteiger partial charge in [-0.25, -0.2) is 9.37 Å². The maximum absolute atomic E-state index is 12.8. The Hall–Kier alpha value is -2.56. The Kier molecular flexibility index (Phi) is 4.77. The standard InChI is InChI=1S/C16H15FN2O2/c1-11-8-9-18-15(10-11)19-16(21)7-6-14(20)12-2-4-13(17)5-3-12/h2-5,8-10H,6-7H2,1H3,(H,18,19,21). The van der Waals surface area contributed by atoms with Crippen molar-refractivity contribution in [1.29, 1.82) is 0 Å². The third-order valence-corrected chi connectivity index (χ3v) is 2.93. The van der Waals surface area contributed by atoms with Gasteiger partial charge in [0.05, 0.1) is 0 Å². The molecular formula is C16H15FN2O2. The fourth-order valence-corrected chi connectivity index (χ4v) is 1.82. The fraction of sp³-hybridized carbons (Fsp3) is 0.188. The van der Waals surface area contributed by atoms with Crippen molar-refractivity contribution in [2.24, 2.45) is 0 Å². The molecule has 1 aromatic carbocycles. The first-order valence-electron chi connectivity index (χ1n) is 6.56. The molecule has 0 aliphatic carbocycles. The molecule has 2 aromatic rings. The van der Waals surface area contributed by atoms with Crippen molar-refractivity contribution in [2.45, 2.75) is 19.8 Å². The highest BCUT2D eigenvalue weighted by atomic mass is 19.1. The number of benzene rings is 1. The Morgan fingerprint density at radius 3 is 2.52 bits per heavy atom. The molecular weight excluding hydrogens is 271 g/mol. The number of carbonyl (C=O) groups is 2. The van der Waals surface area contributed by atoms with E-state index in [0.29, 0.717) is 11.4 Å². The topological polar surface area (TPSA) is 59.1 Å². The lowest BCUT2D eigenvalue weighted by molar-refractivity contribution is -0.116. The average molecular weight is 286 g/mol. The molecule has 0 fully saturated rings. The second kappa shape index (κ2) is 6.74. The summed E-state index contributed by atoms with van der Waals surface area (Å²) in [6.45, 7) is 1.90. The van der Waals surface area contributed by atoms with E-state index < -0.39 is 5.82 Å². The zero-order chi connectivity index (χ0) is 15.2. The zero-order valence-electron chi connectivity index (χ0n) is 11.6. The Morgan fingerprint density at radius 2 is 1.86 bits per heavy atom. The summed E-state index contributed by atoms with van der Waals surface area (Å²) in [7, 11) is 0. The molecule has 0 atom stereocenters. The number of aromatic nitrogens is 1. The number of anilines is 1. The van der Waals surface area contributed by atoms with E-state index in [0.717, 1.165) is 5.56 Å². The molecule has 0 unspecified atom stereocenters. The van der Waals surface area contributed by atoms with Crippen molar-refractivity contribution in [2.75, 3.05) is 5.32 Å². The van der Waals surface area contributed by atoms with Gasteiger partial charge in [0.2, 0.25) is 5.91 Å². The number of Topliss-reactive ketones (excluding diaryl/α,β-unsaturated/α-hetero) is 1. The highest BCUT2D eigenvalue weighted by Gasteiger charge is 2.10. The van der Waals surface area contributed by atoms with Gasteiger partial charge in [0.1, 0.15) is 11.6 Å². The van der Waals surface area contributed by atoms with Gasteiger partial charge in [-0.2, -0.15) is 0 Å². The molecule has 2 rings (SSSR count). The van der Waals surface area contributed by atoms with Crippen LogP contribution in [0.25, 0.3) is 0 Å². The average Bonchev–Trinajstić information content (AvgIpc) is 2.45. The van der Waals surface area contributed by atoms with E-state index in [1.54, 1.807) is 12.3 Å². The number of nitrogens with one attached hydrogen (secondary N) is 1. The number of hydrogen-bond acceptors (Lipinski definition) is 3. The first-order valence-corrected chi connectivity index (χ1v) is 6.56. The van der Waals surface area contributed by atoms with E-state index in [-0.39, 0.29) is 24.5 Å². The largest absolute Gasteiger partial charge is 0.311 e. The van der Waals surface area contributed by atoms with E-state index in [2.05, 4.69) is 10.3 Å². The van der Waals surface area contributed by atoms with Gasteiger partial charge in [-0.3, -0.25) is 9.59 Å². The predicted molar refractivity (Wildman–Crippen MR) is 77.6 cm³/mol. The minimum atomic E-state index is -0.394. The summed E-state index contributed by atoms with van der Waals surface area (Å²) in [5.74, 6) is -0.394. The van der Waals surface area contributed by atoms with Crippen LogP contribution in [0, 0.1) is 12.7 Å². The van der Waals surface area contributed by atoms with Gasteiger partial charge in [-0.15, -0.1) is 0 Å². The van der Waals surface area contributed by atoms with Gasteiger partial charge in [0.25, 0.3) is 0 Å². The predicted octanol–water partition coefficient (Wildman–Crippen LogP) is 3.13. The smallest absolute Gasteiger partial charge is 0.225 e. The van der Waals surface area contributed by atoms with Gasteiger partial charge < -0.3 is 5.32 Å². The molecule has 108 valence electrons. The lowest BCUT2D eigenvalue weighted by atomic mass is 10.1. The summed E-state index contributed by atoms with van der Waals surface area (Å²) in [4.78, 5) is 27.6. The molecule has 0 saturated heterocycles. The third kappa shape index (κ3) is 4.49. The molecule has 1 amide bonds. The molecule has 4 nitrogen and oxygen atoms in total. The van der Waals surface area contributed by atoms with Crippen molar-refractivity contribution in [3.05, 3.63) is 59.5 Å². The molecule has 0 aliphatic heterocycles. The Morgan fingerprint density at radius 1 is 1.14 bits per heavy atom. The summed E-state index contributed by atoms with van der Waals surface area (Å²) in [6.07, 6.45) is 1.74. The number of hydrogen-bond donors (Lipinski definition) is 1. The number of pyridine rings is 1. The van der Waals surface area contributed by atoms with Crippen LogP contribution in [0.2, 0.25) is 0 Å². The number of rotatable bonds is 5. The van der Waals surface area contributed by atoms with Gasteiger partial charge >= 0.3 is 0 Å². The number of aryl methyl sites for hydroxylation is 1. The summed E-state index contributed by atoms with van der Waals surface area (Å²) in [5, 5.41) is 2.64. The zero-order valence-corrected chi connectivity index (χ0v) is 11.6. The Labute approximate surface area is 122 Å². The summed E-state index contributed by atoms with van der Waals surface area (Å²) in [6, 6.07) is 8.86. The number of halogens is 1. The highest BCUT2D eigenvalue weighted by Crippen LogP contribution is 2.09. The van der Waals surface area contributed by atoms with E-state index in [9.17, 15) is 14.0 Å². The Bertz CT molecular complexity index is 654. The fourth-order valence-electron chi connectivity index (χ4n) is 1.82. The maximum Gasteiger partial charge on any atom is 0.225 e. The molecule has 1 heterocycles. The summed E-state index contributed by atoms with van der Waals surface area (Å²) < 4.78 is 12.8. The van der Waals surface area contributed by atoms with Gasteiger partial charge in [-0.1, -0.05) is 0 Å². The molecule has 0 aliphatic rings. The molecule has 1 aromatic heterocycles. The van der Waals surface area contributed by atoms with Crippen molar-refractivity contribution < 1.29 is 14.0 Å². The van der Waals surface area contributed by atoms with Crippen LogP contribution in [0.5, 0.6) is 0 Å². The van der Waals surface area contributed by atoms with Crippen LogP contribution in [0.3, 0.4) is 0 Å². The second-order valence-electron chi connectivity index (χ2n) is 4.70. The van der Waals surface area contributed by atoms with Crippen molar-refractivity contribution in [3.63, 3.8) is 0 Å². The second-order valence-corrected chi connectivity index (χ2v) is 4.70. The monoisotopic (exact) mass is 286 g/mol. The van der Waals surface area contributed by atoms with Crippen LogP contribution in [0.1, 0.15) is 28.8 Å². The highest BCUT2D eigenvalue weighted by molar-refractivity contribution is 5.99. The molecule has 0 saturated carbocycles. The number of amides is 1. The van der Waals surface area contributed by atoms with Crippen molar-refractivity contribution >= 4 is 17.5 Å². The first-order chi connectivity index (χ1) is 10.0. The summed E-state index contributed by atoms with van der Waals surface area (Å²) >= 11 is 0. The SMILES string of the molecule is Cc1ccnc(NC(=O)CCC(=O)c2ccc(F)cc2)c1. The summed E-state index contributed by atoms with van der Waals surface area (Å²) in [5.41, 5.74) is 1.39. The number of ketones is 1. The molecule has 0 bridgehead atoms. The van der Waals surface area contributed by atoms with Gasteiger partial charge in [-0.05, 0) is 48.9 Å². The van der Waals surface area contributed by atoms with Crippen LogP contribution in [0.4, 0.5) is 10.2 Å². The normalized spacial score (nSPS) is 10.2. The minimum Gasteiger partial charge on any atom is -0.311 e. The molecule has 1 N–H and O–H groups in total. The van der Waals surface area contributed by atoms with E-state index in [1.165, 1.54) is 24.3 Å². The van der Waals surface area contributed by atoms with Crippen LogP contribution in [-0.2, 0) is 4.79 Å². The van der Waals surface area contributed by atoms with E-state index >= 15 is 0 Å². The van der Waals surface area contributed by atoms with Crippen molar-refractivity contribution in [1.82, 2.24) is 4.98 Å². The third-order valence-electron chi connectivity index (χ3n) is 2.93. The number of carbonyl (C=O) groups excluding carboxylic acids is 2. The van der Waals surface area contributed by atoms with E-state index in [1.807, 2.05) is 13.0 Å². The van der Waals surface area contributed by atoms with Crippen LogP contribution >= 0.6 is 0 Å². The van der Waals surface area contributed by atoms with Gasteiger partial charge in [0.15, 0.2) is 5.78 Å². The van der Waals surface area contributed by atoms with E-state index in [4.69, 9.17) is 0 Å². The maximum atomic E-state index is 12.8. The van der Waals surface area contributed by atoms with Crippen LogP contribution in [-0.4, -0.2) is 16.7 Å². The number of nitrogens with zero attached hydrogens (tertiary/aromatic N) is 1. The van der Waals surface area contributed by atoms with Crippen LogP contribution < -0.4 is 5.32 Å². The lowest BCUT2D eigenvalue weighted by Gasteiger charge is -2.05.